The molecule has 9 rings (SSSR count). The maximum Gasteiger partial charge on any atom is 0.0925 e. The van der Waals surface area contributed by atoms with Crippen LogP contribution >= 0.6 is 0 Å². The van der Waals surface area contributed by atoms with Crippen molar-refractivity contribution in [2.45, 2.75) is 60.3 Å². The van der Waals surface area contributed by atoms with Crippen LogP contribution in [-0.4, -0.2) is 21.9 Å². The summed E-state index contributed by atoms with van der Waals surface area (Å²) in [5.41, 5.74) is 18.3. The summed E-state index contributed by atoms with van der Waals surface area (Å²) >= 11 is 0. The number of rotatable bonds is 8. The van der Waals surface area contributed by atoms with Gasteiger partial charge in [0, 0.05) is 33.7 Å². The zero-order chi connectivity index (χ0) is 42.7. The van der Waals surface area contributed by atoms with E-state index in [0.29, 0.717) is 0 Å². The molecule has 4 nitrogen and oxygen atoms in total. The zero-order valence-corrected chi connectivity index (χ0v) is 36.1. The lowest BCUT2D eigenvalue weighted by Gasteiger charge is -2.15. The lowest BCUT2D eigenvalue weighted by molar-refractivity contribution is 1.02. The first-order valence-electron chi connectivity index (χ1n) is 21.4. The quantitative estimate of drug-likeness (QED) is 0.114. The minimum absolute atomic E-state index is 0.828. The van der Waals surface area contributed by atoms with Crippen LogP contribution in [0.2, 0.25) is 0 Å². The predicted octanol–water partition coefficient (Wildman–Crippen LogP) is 15.9. The van der Waals surface area contributed by atoms with Crippen molar-refractivity contribution in [3.8, 4) is 33.6 Å². The van der Waals surface area contributed by atoms with E-state index < -0.39 is 0 Å². The Labute approximate surface area is 361 Å². The van der Waals surface area contributed by atoms with Gasteiger partial charge in [0.1, 0.15) is 0 Å². The maximum absolute atomic E-state index is 5.10. The monoisotopic (exact) mass is 794 g/mol. The summed E-state index contributed by atoms with van der Waals surface area (Å²) in [6, 6.07) is 41.0. The Hall–Kier alpha value is -7.04. The van der Waals surface area contributed by atoms with E-state index in [9.17, 15) is 0 Å². The van der Waals surface area contributed by atoms with Crippen molar-refractivity contribution < 1.29 is 0 Å². The molecule has 0 N–H and O–H groups in total. The van der Waals surface area contributed by atoms with Crippen molar-refractivity contribution in [2.24, 2.45) is 9.98 Å². The molecule has 5 aromatic carbocycles. The number of aryl methyl sites for hydroxylation is 3. The summed E-state index contributed by atoms with van der Waals surface area (Å²) in [6.07, 6.45) is 20.4. The van der Waals surface area contributed by atoms with E-state index in [2.05, 4.69) is 160 Å². The third kappa shape index (κ3) is 9.40. The van der Waals surface area contributed by atoms with Gasteiger partial charge in [-0.1, -0.05) is 148 Å². The van der Waals surface area contributed by atoms with Crippen LogP contribution in [0.15, 0.2) is 181 Å². The highest BCUT2D eigenvalue weighted by atomic mass is 14.8. The molecule has 0 saturated carbocycles. The Morgan fingerprint density at radius 2 is 1.38 bits per heavy atom. The molecule has 1 aliphatic heterocycles. The number of aromatic nitrogens is 2. The highest BCUT2D eigenvalue weighted by Crippen LogP contribution is 2.38. The van der Waals surface area contributed by atoms with Crippen LogP contribution in [0.25, 0.3) is 61.0 Å². The van der Waals surface area contributed by atoms with Crippen molar-refractivity contribution in [3.05, 3.63) is 199 Å². The molecule has 0 atom stereocenters. The van der Waals surface area contributed by atoms with E-state index in [1.54, 1.807) is 6.08 Å². The summed E-state index contributed by atoms with van der Waals surface area (Å²) in [4.78, 5) is 19.9. The number of nitrogens with zero attached hydrogens (tertiary/aromatic N) is 4. The predicted molar refractivity (Wildman–Crippen MR) is 265 cm³/mol. The topological polar surface area (TPSA) is 50.5 Å². The molecule has 302 valence electrons. The third-order valence-electron chi connectivity index (χ3n) is 11.1. The summed E-state index contributed by atoms with van der Waals surface area (Å²) in [6.45, 7) is 17.8. The Bertz CT molecular complexity index is 2870. The summed E-state index contributed by atoms with van der Waals surface area (Å²) < 4.78 is 0. The number of hydrogen-bond acceptors (Lipinski definition) is 4. The fourth-order valence-corrected chi connectivity index (χ4v) is 7.82. The van der Waals surface area contributed by atoms with Crippen LogP contribution in [0.1, 0.15) is 67.9 Å². The van der Waals surface area contributed by atoms with E-state index in [4.69, 9.17) is 20.0 Å². The van der Waals surface area contributed by atoms with Crippen molar-refractivity contribution in [3.63, 3.8) is 0 Å². The van der Waals surface area contributed by atoms with E-state index in [1.807, 2.05) is 45.2 Å². The lowest BCUT2D eigenvalue weighted by atomic mass is 9.95. The van der Waals surface area contributed by atoms with Crippen molar-refractivity contribution in [1.82, 2.24) is 9.97 Å². The number of fused-ring (bicyclic) bond motifs is 3. The number of aliphatic imine (C=N–C) groups is 2. The molecule has 2 aliphatic rings. The molecule has 0 saturated heterocycles. The second-order valence-electron chi connectivity index (χ2n) is 15.0. The van der Waals surface area contributed by atoms with Gasteiger partial charge in [-0.3, -0.25) is 4.99 Å². The van der Waals surface area contributed by atoms with E-state index in [1.165, 1.54) is 33.4 Å². The molecule has 2 aromatic heterocycles. The molecular weight excluding hydrogens is 741 g/mol. The third-order valence-corrected chi connectivity index (χ3v) is 11.1. The van der Waals surface area contributed by atoms with Gasteiger partial charge in [-0.25, -0.2) is 15.0 Å². The highest BCUT2D eigenvalue weighted by molar-refractivity contribution is 6.10. The van der Waals surface area contributed by atoms with E-state index in [-0.39, 0.29) is 0 Å². The Kier molecular flexibility index (Phi) is 13.7. The normalized spacial score (nSPS) is 13.2. The van der Waals surface area contributed by atoms with Gasteiger partial charge in [-0.05, 0) is 122 Å². The standard InChI is InChI=1S/C50H40N4.C5H8.C2H6/c1-4-44(54-49-32(2)12-13-39-11-8-30-51-50(39)49)36-18-20-38(21-19-36)46-28-25-43-33(3)42(24-29-48(43)53-46)40-22-26-47-41(31-40)23-27-45(52-47)37-16-14-35(15-17-37)34-9-6-5-7-10-34;1-3-5-4-2;1-2/h4,6,9-10,12-31H,1,5,7-8,11H2,2-3H3;3-5H,1H2,2H3;1-2H3/b;5-4-;. The summed E-state index contributed by atoms with van der Waals surface area (Å²) in [5, 5.41) is 2.27. The van der Waals surface area contributed by atoms with Crippen molar-refractivity contribution in [2.75, 3.05) is 0 Å². The molecule has 3 heterocycles. The van der Waals surface area contributed by atoms with Crippen LogP contribution in [-0.2, 0) is 6.42 Å². The zero-order valence-electron chi connectivity index (χ0n) is 36.1. The van der Waals surface area contributed by atoms with Gasteiger partial charge < -0.3 is 0 Å². The second kappa shape index (κ2) is 19.8. The first-order chi connectivity index (χ1) is 29.9. The van der Waals surface area contributed by atoms with Gasteiger partial charge >= 0.3 is 0 Å². The van der Waals surface area contributed by atoms with Crippen molar-refractivity contribution >= 4 is 50.7 Å². The maximum atomic E-state index is 5.10. The second-order valence-corrected chi connectivity index (χ2v) is 15.0. The Morgan fingerprint density at radius 1 is 0.689 bits per heavy atom. The van der Waals surface area contributed by atoms with Gasteiger partial charge in [0.05, 0.1) is 39.5 Å². The van der Waals surface area contributed by atoms with Gasteiger partial charge in [0.2, 0.25) is 0 Å². The molecule has 1 aliphatic carbocycles. The van der Waals surface area contributed by atoms with E-state index >= 15 is 0 Å². The average molecular weight is 795 g/mol. The first-order valence-corrected chi connectivity index (χ1v) is 21.4. The van der Waals surface area contributed by atoms with Crippen LogP contribution < -0.4 is 0 Å². The van der Waals surface area contributed by atoms with Gasteiger partial charge in [0.25, 0.3) is 0 Å². The van der Waals surface area contributed by atoms with Crippen LogP contribution in [0, 0.1) is 13.8 Å². The number of benzene rings is 5. The smallest absolute Gasteiger partial charge is 0.0925 e. The SMILES string of the molecule is C=C/C=C\C.C=CC(=Nc1c(C)ccc2c1N=CCC2)c1ccc(-c2ccc3c(C)c(-c4ccc5nc(-c6ccc(C7=CCCC=C7)cc6)ccc5c4)ccc3n2)cc1.CC. The van der Waals surface area contributed by atoms with Gasteiger partial charge in [-0.2, -0.15) is 0 Å². The summed E-state index contributed by atoms with van der Waals surface area (Å²) in [5.74, 6) is 0. The van der Waals surface area contributed by atoms with Gasteiger partial charge in [-0.15, -0.1) is 0 Å². The molecule has 7 aromatic rings. The van der Waals surface area contributed by atoms with E-state index in [0.717, 1.165) is 98.2 Å². The van der Waals surface area contributed by atoms with Crippen LogP contribution in [0.5, 0.6) is 0 Å². The number of allylic oxidation sites excluding steroid dienone is 8. The molecule has 0 radical (unpaired) electrons. The highest BCUT2D eigenvalue weighted by Gasteiger charge is 2.15. The number of pyridine rings is 2. The molecule has 0 spiro atoms. The minimum Gasteiger partial charge on any atom is -0.259 e. The largest absolute Gasteiger partial charge is 0.259 e. The molecular formula is C57H54N4. The molecule has 0 amide bonds. The van der Waals surface area contributed by atoms with Crippen LogP contribution in [0.3, 0.4) is 0 Å². The first kappa shape index (κ1) is 42.1. The average Bonchev–Trinajstić information content (AvgIpc) is 3.32. The fourth-order valence-electron chi connectivity index (χ4n) is 7.82. The van der Waals surface area contributed by atoms with Gasteiger partial charge in [0.15, 0.2) is 0 Å². The minimum atomic E-state index is 0.828. The molecule has 61 heavy (non-hydrogen) atoms. The molecule has 4 heteroatoms. The van der Waals surface area contributed by atoms with Crippen molar-refractivity contribution in [1.29, 1.82) is 0 Å². The summed E-state index contributed by atoms with van der Waals surface area (Å²) in [7, 11) is 0. The van der Waals surface area contributed by atoms with Crippen LogP contribution in [0.4, 0.5) is 11.4 Å². The molecule has 0 fully saturated rings. The lowest BCUT2D eigenvalue weighted by Crippen LogP contribution is -1.99. The molecule has 0 unspecified atom stereocenters. The Balaban J connectivity index is 0.000000749. The molecule has 0 bridgehead atoms. The Morgan fingerprint density at radius 3 is 2.07 bits per heavy atom. The number of hydrogen-bond donors (Lipinski definition) is 0. The fraction of sp³-hybridized carbons (Fsp3) is 0.158.